The van der Waals surface area contributed by atoms with Gasteiger partial charge < -0.3 is 24.6 Å². The second kappa shape index (κ2) is 11.7. The largest absolute Gasteiger partial charge is 0.453 e. The van der Waals surface area contributed by atoms with Crippen LogP contribution in [0.15, 0.2) is 18.2 Å². The lowest BCUT2D eigenvalue weighted by molar-refractivity contribution is -0.128. The number of hydrogen-bond donors (Lipinski definition) is 1. The van der Waals surface area contributed by atoms with Gasteiger partial charge in [0.05, 0.1) is 24.2 Å². The van der Waals surface area contributed by atoms with E-state index < -0.39 is 29.8 Å². The van der Waals surface area contributed by atoms with Crippen molar-refractivity contribution in [3.63, 3.8) is 0 Å². The Hall–Kier alpha value is -3.24. The zero-order chi connectivity index (χ0) is 27.4. The third-order valence-electron chi connectivity index (χ3n) is 8.21. The van der Waals surface area contributed by atoms with Crippen molar-refractivity contribution in [2.24, 2.45) is 18.9 Å². The molecule has 2 saturated heterocycles. The lowest BCUT2D eigenvalue weighted by Crippen LogP contribution is -2.48. The van der Waals surface area contributed by atoms with Gasteiger partial charge in [-0.3, -0.25) is 9.48 Å². The van der Waals surface area contributed by atoms with Gasteiger partial charge in [0, 0.05) is 69.6 Å². The molecular weight excluding hydrogens is 496 g/mol. The van der Waals surface area contributed by atoms with E-state index >= 15 is 8.78 Å². The predicted octanol–water partition coefficient (Wildman–Crippen LogP) is 3.71. The number of likely N-dealkylation sites (tertiary alicyclic amines) is 1. The molecule has 0 radical (unpaired) electrons. The molecule has 38 heavy (non-hydrogen) atoms. The molecule has 9 nitrogen and oxygen atoms in total. The van der Waals surface area contributed by atoms with Gasteiger partial charge >= 0.3 is 6.09 Å². The number of aromatic nitrogens is 2. The third kappa shape index (κ3) is 5.47. The number of aldehydes is 1. The minimum absolute atomic E-state index is 0.185. The second-order valence-corrected chi connectivity index (χ2v) is 10.3. The number of benzene rings is 1. The van der Waals surface area contributed by atoms with Crippen molar-refractivity contribution in [3.8, 4) is 0 Å². The van der Waals surface area contributed by atoms with Gasteiger partial charge in [0.2, 0.25) is 5.91 Å². The van der Waals surface area contributed by atoms with E-state index in [1.807, 2.05) is 25.2 Å². The van der Waals surface area contributed by atoms with Crippen molar-refractivity contribution in [3.05, 3.63) is 23.9 Å². The van der Waals surface area contributed by atoms with Crippen LogP contribution in [0, 0.1) is 11.8 Å². The number of carbonyl (C=O) groups excluding carboxylic acids is 3. The molecule has 4 rings (SSSR count). The summed E-state index contributed by atoms with van der Waals surface area (Å²) in [5.74, 6) is -4.90. The Morgan fingerprint density at radius 1 is 1.16 bits per heavy atom. The number of fused-ring (bicyclic) bond motifs is 1. The summed E-state index contributed by atoms with van der Waals surface area (Å²) in [4.78, 5) is 38.8. The van der Waals surface area contributed by atoms with Crippen LogP contribution in [0.5, 0.6) is 0 Å². The number of likely N-dealkylation sites (N-methyl/N-ethyl adjacent to an activating group) is 1. The van der Waals surface area contributed by atoms with E-state index in [0.717, 1.165) is 22.9 Å². The topological polar surface area (TPSA) is 96.8 Å². The van der Waals surface area contributed by atoms with E-state index in [1.54, 1.807) is 11.7 Å². The first-order valence-corrected chi connectivity index (χ1v) is 13.3. The van der Waals surface area contributed by atoms with Crippen LogP contribution in [0.1, 0.15) is 50.1 Å². The molecule has 0 aliphatic carbocycles. The smallest absolute Gasteiger partial charge is 0.409 e. The molecular formula is C27H37F2N5O4. The maximum absolute atomic E-state index is 15.4. The number of nitrogens with zero attached hydrogens (tertiary/aromatic N) is 4. The molecule has 2 aliphatic rings. The number of anilines is 1. The fourth-order valence-corrected chi connectivity index (χ4v) is 5.96. The van der Waals surface area contributed by atoms with Crippen LogP contribution < -0.4 is 10.2 Å². The summed E-state index contributed by atoms with van der Waals surface area (Å²) in [7, 11) is 4.69. The Kier molecular flexibility index (Phi) is 8.52. The number of ether oxygens (including phenoxy) is 1. The van der Waals surface area contributed by atoms with Crippen LogP contribution in [0.25, 0.3) is 10.9 Å². The summed E-state index contributed by atoms with van der Waals surface area (Å²) in [6, 6.07) is 5.88. The van der Waals surface area contributed by atoms with Gasteiger partial charge in [-0.05, 0) is 50.3 Å². The Labute approximate surface area is 221 Å². The van der Waals surface area contributed by atoms with Gasteiger partial charge in [-0.25, -0.2) is 13.6 Å². The van der Waals surface area contributed by atoms with Gasteiger partial charge in [0.25, 0.3) is 5.92 Å². The van der Waals surface area contributed by atoms with Crippen LogP contribution in [0.3, 0.4) is 0 Å². The summed E-state index contributed by atoms with van der Waals surface area (Å²) < 4.78 is 37.3. The molecule has 1 N–H and O–H groups in total. The first-order chi connectivity index (χ1) is 18.2. The molecule has 2 fully saturated rings. The number of amides is 2. The van der Waals surface area contributed by atoms with Crippen LogP contribution in [-0.2, 0) is 21.4 Å². The van der Waals surface area contributed by atoms with Crippen LogP contribution in [-0.4, -0.2) is 79.2 Å². The number of nitrogens with one attached hydrogen (secondary N) is 1. The monoisotopic (exact) mass is 533 g/mol. The standard InChI is InChI=1S/C27H37F2N5O4/c1-30-25(36)22(5-4-16-35)24-21-7-6-20(17-23(21)32(2)31-24)33-12-8-18(9-13-33)27(28,29)19-10-14-34(15-11-19)26(37)38-3/h6-7,16-19,22H,4-5,8-15H2,1-3H3,(H,30,36). The number of halogens is 2. The summed E-state index contributed by atoms with van der Waals surface area (Å²) >= 11 is 0. The van der Waals surface area contributed by atoms with Crippen molar-refractivity contribution < 1.29 is 27.9 Å². The zero-order valence-electron chi connectivity index (χ0n) is 22.3. The average molecular weight is 534 g/mol. The van der Waals surface area contributed by atoms with Crippen molar-refractivity contribution in [1.82, 2.24) is 20.0 Å². The number of aryl methyl sites for hydroxylation is 1. The molecule has 1 atom stereocenters. The number of methoxy groups -OCH3 is 1. The van der Waals surface area contributed by atoms with Crippen LogP contribution in [0.2, 0.25) is 0 Å². The van der Waals surface area contributed by atoms with E-state index in [9.17, 15) is 14.4 Å². The fourth-order valence-electron chi connectivity index (χ4n) is 5.96. The molecule has 2 aromatic rings. The first kappa shape index (κ1) is 27.8. The normalized spacial score (nSPS) is 18.4. The molecule has 0 bridgehead atoms. The zero-order valence-corrected chi connectivity index (χ0v) is 22.3. The van der Waals surface area contributed by atoms with Gasteiger partial charge in [-0.1, -0.05) is 0 Å². The molecule has 11 heteroatoms. The number of hydrogen-bond acceptors (Lipinski definition) is 6. The lowest BCUT2D eigenvalue weighted by atomic mass is 9.79. The Morgan fingerprint density at radius 2 is 1.79 bits per heavy atom. The Bertz CT molecular complexity index is 1150. The first-order valence-electron chi connectivity index (χ1n) is 13.3. The number of rotatable bonds is 8. The second-order valence-electron chi connectivity index (χ2n) is 10.3. The maximum atomic E-state index is 15.4. The maximum Gasteiger partial charge on any atom is 0.409 e. The quantitative estimate of drug-likeness (QED) is 0.520. The highest BCUT2D eigenvalue weighted by atomic mass is 19.3. The third-order valence-corrected chi connectivity index (χ3v) is 8.21. The summed E-state index contributed by atoms with van der Waals surface area (Å²) in [6.45, 7) is 1.65. The minimum Gasteiger partial charge on any atom is -0.453 e. The SMILES string of the molecule is CNC(=O)C(CCC=O)c1nn(C)c2cc(N3CCC(C(F)(F)C4CCN(C(=O)OC)CC4)CC3)ccc12. The molecule has 2 amide bonds. The number of alkyl halides is 2. The lowest BCUT2D eigenvalue weighted by Gasteiger charge is -2.42. The predicted molar refractivity (Wildman–Crippen MR) is 139 cm³/mol. The van der Waals surface area contributed by atoms with Crippen molar-refractivity contribution in [2.75, 3.05) is 45.2 Å². The Balaban J connectivity index is 1.43. The molecule has 0 saturated carbocycles. The summed E-state index contributed by atoms with van der Waals surface area (Å²) in [5, 5.41) is 8.11. The van der Waals surface area contributed by atoms with Gasteiger partial charge in [-0.15, -0.1) is 0 Å². The van der Waals surface area contributed by atoms with E-state index in [4.69, 9.17) is 4.74 Å². The molecule has 1 aromatic carbocycles. The number of piperidine rings is 2. The van der Waals surface area contributed by atoms with Gasteiger partial charge in [-0.2, -0.15) is 5.10 Å². The molecule has 3 heterocycles. The molecule has 2 aliphatic heterocycles. The van der Waals surface area contributed by atoms with E-state index in [2.05, 4.69) is 15.3 Å². The van der Waals surface area contributed by atoms with Crippen molar-refractivity contribution >= 4 is 34.9 Å². The molecule has 1 unspecified atom stereocenters. The van der Waals surface area contributed by atoms with Crippen molar-refractivity contribution in [2.45, 2.75) is 50.4 Å². The number of carbonyl (C=O) groups is 3. The van der Waals surface area contributed by atoms with E-state index in [1.165, 1.54) is 12.0 Å². The highest BCUT2D eigenvalue weighted by Crippen LogP contribution is 2.44. The molecule has 1 aromatic heterocycles. The Morgan fingerprint density at radius 3 is 2.37 bits per heavy atom. The van der Waals surface area contributed by atoms with Gasteiger partial charge in [0.15, 0.2) is 0 Å². The molecule has 208 valence electrons. The average Bonchev–Trinajstić information content (AvgIpc) is 3.28. The van der Waals surface area contributed by atoms with Crippen LogP contribution in [0.4, 0.5) is 19.3 Å². The van der Waals surface area contributed by atoms with Crippen LogP contribution >= 0.6 is 0 Å². The fraction of sp³-hybridized carbons (Fsp3) is 0.630. The minimum atomic E-state index is -2.77. The summed E-state index contributed by atoms with van der Waals surface area (Å²) in [5.41, 5.74) is 2.42. The summed E-state index contributed by atoms with van der Waals surface area (Å²) in [6.07, 6.45) is 2.34. The van der Waals surface area contributed by atoms with E-state index in [-0.39, 0.29) is 25.2 Å². The molecule has 0 spiro atoms. The van der Waals surface area contributed by atoms with E-state index in [0.29, 0.717) is 51.1 Å². The highest BCUT2D eigenvalue weighted by molar-refractivity contribution is 5.92. The van der Waals surface area contributed by atoms with Gasteiger partial charge in [0.1, 0.15) is 6.29 Å². The highest BCUT2D eigenvalue weighted by Gasteiger charge is 2.48. The van der Waals surface area contributed by atoms with Crippen molar-refractivity contribution in [1.29, 1.82) is 0 Å².